The van der Waals surface area contributed by atoms with E-state index in [-0.39, 0.29) is 6.61 Å². The van der Waals surface area contributed by atoms with Gasteiger partial charge in [0.25, 0.3) is 0 Å². The second-order valence-corrected chi connectivity index (χ2v) is 3.47. The number of hydrogen-bond acceptors (Lipinski definition) is 4. The molecule has 5 nitrogen and oxygen atoms in total. The van der Waals surface area contributed by atoms with E-state index in [4.69, 9.17) is 16.2 Å². The van der Waals surface area contributed by atoms with Gasteiger partial charge in [0.2, 0.25) is 5.91 Å². The van der Waals surface area contributed by atoms with Gasteiger partial charge in [-0.3, -0.25) is 4.79 Å². The van der Waals surface area contributed by atoms with Gasteiger partial charge in [0.05, 0.1) is 6.61 Å². The molecule has 0 fully saturated rings. The van der Waals surface area contributed by atoms with Crippen LogP contribution in [0, 0.1) is 6.92 Å². The van der Waals surface area contributed by atoms with Crippen LogP contribution in [0.1, 0.15) is 5.56 Å². The minimum Gasteiger partial charge on any atom is -0.398 e. The van der Waals surface area contributed by atoms with Gasteiger partial charge in [0, 0.05) is 17.9 Å². The minimum absolute atomic E-state index is 0.0441. The fourth-order valence-electron chi connectivity index (χ4n) is 1.28. The standard InChI is InChI=1S/C11H17N3O2/c1-8-9(12)3-2-4-10(8)14-5-6-16-7-11(13)15/h2-4,14H,5-7,12H2,1H3,(H2,13,15). The van der Waals surface area contributed by atoms with E-state index in [1.165, 1.54) is 0 Å². The molecule has 16 heavy (non-hydrogen) atoms. The highest BCUT2D eigenvalue weighted by Gasteiger charge is 2.00. The molecule has 0 unspecified atom stereocenters. The van der Waals surface area contributed by atoms with E-state index < -0.39 is 5.91 Å². The molecule has 1 aromatic rings. The van der Waals surface area contributed by atoms with Crippen LogP contribution in [0.2, 0.25) is 0 Å². The Bertz CT molecular complexity index is 366. The Balaban J connectivity index is 2.32. The molecule has 0 aliphatic carbocycles. The lowest BCUT2D eigenvalue weighted by atomic mass is 10.1. The summed E-state index contributed by atoms with van der Waals surface area (Å²) in [6.45, 7) is 2.94. The van der Waals surface area contributed by atoms with Crippen LogP contribution in [-0.2, 0) is 9.53 Å². The number of anilines is 2. The predicted octanol–water partition coefficient (Wildman–Crippen LogP) is 0.491. The van der Waals surface area contributed by atoms with Crippen LogP contribution >= 0.6 is 0 Å². The third kappa shape index (κ3) is 3.78. The first-order chi connectivity index (χ1) is 7.61. The summed E-state index contributed by atoms with van der Waals surface area (Å²) in [5.41, 5.74) is 13.4. The number of hydrogen-bond donors (Lipinski definition) is 3. The van der Waals surface area contributed by atoms with Crippen molar-refractivity contribution in [3.63, 3.8) is 0 Å². The number of amides is 1. The summed E-state index contributed by atoms with van der Waals surface area (Å²) in [7, 11) is 0. The zero-order valence-electron chi connectivity index (χ0n) is 9.32. The van der Waals surface area contributed by atoms with Crippen molar-refractivity contribution in [3.8, 4) is 0 Å². The molecule has 0 radical (unpaired) electrons. The number of carbonyl (C=O) groups is 1. The number of ether oxygens (including phenoxy) is 1. The van der Waals surface area contributed by atoms with Gasteiger partial charge in [0.15, 0.2) is 0 Å². The van der Waals surface area contributed by atoms with E-state index in [2.05, 4.69) is 5.32 Å². The summed E-state index contributed by atoms with van der Waals surface area (Å²) in [6.07, 6.45) is 0. The third-order valence-corrected chi connectivity index (χ3v) is 2.18. The van der Waals surface area contributed by atoms with Crippen LogP contribution in [0.15, 0.2) is 18.2 Å². The van der Waals surface area contributed by atoms with Crippen molar-refractivity contribution in [2.45, 2.75) is 6.92 Å². The molecule has 0 aromatic heterocycles. The number of nitrogen functional groups attached to an aromatic ring is 1. The number of rotatable bonds is 6. The van der Waals surface area contributed by atoms with Crippen LogP contribution in [0.25, 0.3) is 0 Å². The number of nitrogens with one attached hydrogen (secondary N) is 1. The molecule has 0 bridgehead atoms. The van der Waals surface area contributed by atoms with Crippen LogP contribution < -0.4 is 16.8 Å². The lowest BCUT2D eigenvalue weighted by molar-refractivity contribution is -0.122. The highest BCUT2D eigenvalue weighted by Crippen LogP contribution is 2.19. The lowest BCUT2D eigenvalue weighted by Crippen LogP contribution is -2.20. The number of carbonyl (C=O) groups excluding carboxylic acids is 1. The SMILES string of the molecule is Cc1c(N)cccc1NCCOCC(N)=O. The fourth-order valence-corrected chi connectivity index (χ4v) is 1.28. The molecule has 0 saturated carbocycles. The van der Waals surface area contributed by atoms with Gasteiger partial charge in [-0.05, 0) is 24.6 Å². The van der Waals surface area contributed by atoms with Crippen LogP contribution in [0.3, 0.4) is 0 Å². The smallest absolute Gasteiger partial charge is 0.243 e. The van der Waals surface area contributed by atoms with Crippen molar-refractivity contribution in [3.05, 3.63) is 23.8 Å². The molecule has 1 aromatic carbocycles. The fraction of sp³-hybridized carbons (Fsp3) is 0.364. The molecule has 5 N–H and O–H groups in total. The number of benzene rings is 1. The Labute approximate surface area is 94.8 Å². The zero-order valence-corrected chi connectivity index (χ0v) is 9.32. The van der Waals surface area contributed by atoms with Crippen molar-refractivity contribution in [2.75, 3.05) is 30.8 Å². The molecule has 0 aliphatic rings. The van der Waals surface area contributed by atoms with E-state index in [9.17, 15) is 4.79 Å². The maximum Gasteiger partial charge on any atom is 0.243 e. The number of nitrogens with two attached hydrogens (primary N) is 2. The average molecular weight is 223 g/mol. The lowest BCUT2D eigenvalue weighted by Gasteiger charge is -2.10. The Morgan fingerprint density at radius 2 is 2.25 bits per heavy atom. The molecule has 0 spiro atoms. The summed E-state index contributed by atoms with van der Waals surface area (Å²) in [5, 5.41) is 3.17. The first kappa shape index (κ1) is 12.3. The van der Waals surface area contributed by atoms with Crippen LogP contribution in [-0.4, -0.2) is 25.7 Å². The van der Waals surface area contributed by atoms with Gasteiger partial charge < -0.3 is 21.5 Å². The van der Waals surface area contributed by atoms with E-state index in [1.54, 1.807) is 0 Å². The highest BCUT2D eigenvalue weighted by molar-refractivity contribution is 5.74. The van der Waals surface area contributed by atoms with E-state index in [0.29, 0.717) is 13.2 Å². The highest BCUT2D eigenvalue weighted by atomic mass is 16.5. The Kier molecular flexibility index (Phi) is 4.60. The topological polar surface area (TPSA) is 90.4 Å². The summed E-state index contributed by atoms with van der Waals surface area (Å²) in [4.78, 5) is 10.4. The van der Waals surface area contributed by atoms with Crippen LogP contribution in [0.5, 0.6) is 0 Å². The zero-order chi connectivity index (χ0) is 12.0. The molecule has 0 aliphatic heterocycles. The summed E-state index contributed by atoms with van der Waals surface area (Å²) >= 11 is 0. The molecule has 1 rings (SSSR count). The third-order valence-electron chi connectivity index (χ3n) is 2.18. The Morgan fingerprint density at radius 1 is 1.50 bits per heavy atom. The molecule has 5 heteroatoms. The van der Waals surface area contributed by atoms with Crippen molar-refractivity contribution in [1.29, 1.82) is 0 Å². The van der Waals surface area contributed by atoms with E-state index in [1.807, 2.05) is 25.1 Å². The monoisotopic (exact) mass is 223 g/mol. The molecule has 0 heterocycles. The van der Waals surface area contributed by atoms with E-state index >= 15 is 0 Å². The minimum atomic E-state index is -0.458. The molecular formula is C11H17N3O2. The van der Waals surface area contributed by atoms with Gasteiger partial charge in [-0.2, -0.15) is 0 Å². The maximum atomic E-state index is 10.4. The second kappa shape index (κ2) is 5.97. The largest absolute Gasteiger partial charge is 0.398 e. The first-order valence-electron chi connectivity index (χ1n) is 5.06. The van der Waals surface area contributed by atoms with Crippen LogP contribution in [0.4, 0.5) is 11.4 Å². The Morgan fingerprint density at radius 3 is 2.94 bits per heavy atom. The molecule has 1 amide bonds. The first-order valence-corrected chi connectivity index (χ1v) is 5.06. The molecule has 0 atom stereocenters. The van der Waals surface area contributed by atoms with Gasteiger partial charge in [-0.1, -0.05) is 6.07 Å². The quantitative estimate of drug-likeness (QED) is 0.483. The van der Waals surface area contributed by atoms with Crippen molar-refractivity contribution >= 4 is 17.3 Å². The van der Waals surface area contributed by atoms with Crippen molar-refractivity contribution < 1.29 is 9.53 Å². The maximum absolute atomic E-state index is 10.4. The van der Waals surface area contributed by atoms with E-state index in [0.717, 1.165) is 16.9 Å². The molecule has 0 saturated heterocycles. The number of primary amides is 1. The average Bonchev–Trinajstić information content (AvgIpc) is 2.23. The van der Waals surface area contributed by atoms with Crippen molar-refractivity contribution in [1.82, 2.24) is 0 Å². The molecule has 88 valence electrons. The summed E-state index contributed by atoms with van der Waals surface area (Å²) < 4.78 is 5.02. The van der Waals surface area contributed by atoms with Gasteiger partial charge in [-0.25, -0.2) is 0 Å². The molecular weight excluding hydrogens is 206 g/mol. The van der Waals surface area contributed by atoms with Gasteiger partial charge in [-0.15, -0.1) is 0 Å². The predicted molar refractivity (Wildman–Crippen MR) is 64.1 cm³/mol. The summed E-state index contributed by atoms with van der Waals surface area (Å²) in [5.74, 6) is -0.458. The van der Waals surface area contributed by atoms with Crippen molar-refractivity contribution in [2.24, 2.45) is 5.73 Å². The van der Waals surface area contributed by atoms with Gasteiger partial charge in [0.1, 0.15) is 6.61 Å². The van der Waals surface area contributed by atoms with Gasteiger partial charge >= 0.3 is 0 Å². The normalized spacial score (nSPS) is 10.1. The Hall–Kier alpha value is -1.75. The summed E-state index contributed by atoms with van der Waals surface area (Å²) in [6, 6.07) is 5.68. The second-order valence-electron chi connectivity index (χ2n) is 3.47.